The lowest BCUT2D eigenvalue weighted by Gasteiger charge is -2.30. The van der Waals surface area contributed by atoms with Gasteiger partial charge < -0.3 is 15.3 Å². The molecule has 0 radical (unpaired) electrons. The highest BCUT2D eigenvalue weighted by atomic mass is 16.4. The normalized spacial score (nSPS) is 23.9. The fraction of sp³-hybridized carbons (Fsp3) is 0.867. The number of carbonyl (C=O) groups excluding carboxylic acids is 1. The zero-order chi connectivity index (χ0) is 15.1. The van der Waals surface area contributed by atoms with Crippen LogP contribution in [-0.4, -0.2) is 41.1 Å². The number of carboxylic acids is 1. The van der Waals surface area contributed by atoms with Crippen molar-refractivity contribution in [1.29, 1.82) is 0 Å². The molecule has 1 saturated carbocycles. The summed E-state index contributed by atoms with van der Waals surface area (Å²) in [6.07, 6.45) is 5.52. The number of nitrogens with zero attached hydrogens (tertiary/aromatic N) is 1. The topological polar surface area (TPSA) is 69.6 Å². The maximum absolute atomic E-state index is 12.1. The zero-order valence-electron chi connectivity index (χ0n) is 12.9. The smallest absolute Gasteiger partial charge is 0.323 e. The minimum atomic E-state index is -0.966. The number of nitrogens with one attached hydrogen (secondary N) is 1. The molecule has 2 N–H and O–H groups in total. The first-order chi connectivity index (χ1) is 9.43. The third-order valence-corrected chi connectivity index (χ3v) is 4.37. The molecule has 0 aromatic carbocycles. The van der Waals surface area contributed by atoms with E-state index in [1.807, 2.05) is 13.8 Å². The van der Waals surface area contributed by atoms with Crippen LogP contribution in [0.15, 0.2) is 0 Å². The summed E-state index contributed by atoms with van der Waals surface area (Å²) in [4.78, 5) is 24.4. The number of urea groups is 1. The molecule has 116 valence electrons. The van der Waals surface area contributed by atoms with Crippen LogP contribution in [0.5, 0.6) is 0 Å². The van der Waals surface area contributed by atoms with Crippen molar-refractivity contribution in [3.63, 3.8) is 0 Å². The molecule has 2 amide bonds. The van der Waals surface area contributed by atoms with Crippen LogP contribution in [0.4, 0.5) is 4.79 Å². The molecular weight excluding hydrogens is 256 g/mol. The molecule has 5 nitrogen and oxygen atoms in total. The van der Waals surface area contributed by atoms with Crippen molar-refractivity contribution < 1.29 is 14.7 Å². The molecule has 0 bridgehead atoms. The summed E-state index contributed by atoms with van der Waals surface area (Å²) >= 11 is 0. The van der Waals surface area contributed by atoms with Crippen molar-refractivity contribution in [2.75, 3.05) is 13.1 Å². The fourth-order valence-corrected chi connectivity index (χ4v) is 2.66. The van der Waals surface area contributed by atoms with Gasteiger partial charge in [-0.2, -0.15) is 0 Å². The Labute approximate surface area is 121 Å². The Hall–Kier alpha value is -1.26. The van der Waals surface area contributed by atoms with E-state index in [-0.39, 0.29) is 18.6 Å². The van der Waals surface area contributed by atoms with Crippen LogP contribution < -0.4 is 5.32 Å². The quantitative estimate of drug-likeness (QED) is 0.788. The van der Waals surface area contributed by atoms with Crippen molar-refractivity contribution in [3.8, 4) is 0 Å². The molecule has 20 heavy (non-hydrogen) atoms. The highest BCUT2D eigenvalue weighted by Gasteiger charge is 2.23. The third kappa shape index (κ3) is 5.39. The summed E-state index contributed by atoms with van der Waals surface area (Å²) in [6, 6.07) is -0.308. The van der Waals surface area contributed by atoms with Gasteiger partial charge in [0, 0.05) is 12.6 Å². The van der Waals surface area contributed by atoms with Crippen LogP contribution >= 0.6 is 0 Å². The molecular formula is C15H28N2O3. The summed E-state index contributed by atoms with van der Waals surface area (Å²) in [6.45, 7) is 6.53. The number of amides is 2. The molecule has 0 aromatic heterocycles. The highest BCUT2D eigenvalue weighted by molar-refractivity contribution is 5.80. The van der Waals surface area contributed by atoms with Crippen molar-refractivity contribution >= 4 is 12.0 Å². The van der Waals surface area contributed by atoms with Crippen LogP contribution in [0.2, 0.25) is 0 Å². The minimum Gasteiger partial charge on any atom is -0.480 e. The van der Waals surface area contributed by atoms with Crippen LogP contribution in [0.25, 0.3) is 0 Å². The number of aliphatic carboxylic acids is 1. The lowest BCUT2D eigenvalue weighted by atomic mass is 9.83. The molecule has 1 aliphatic carbocycles. The summed E-state index contributed by atoms with van der Waals surface area (Å²) in [5.41, 5.74) is 0. The summed E-state index contributed by atoms with van der Waals surface area (Å²) in [5, 5.41) is 11.8. The molecule has 5 heteroatoms. The molecule has 1 aliphatic rings. The van der Waals surface area contributed by atoms with E-state index in [1.54, 1.807) is 0 Å². The molecule has 1 atom stereocenters. The molecule has 0 aromatic rings. The predicted octanol–water partition coefficient (Wildman–Crippen LogP) is 2.71. The number of rotatable bonds is 6. The van der Waals surface area contributed by atoms with Crippen molar-refractivity contribution in [1.82, 2.24) is 10.2 Å². The van der Waals surface area contributed by atoms with Gasteiger partial charge in [-0.15, -0.1) is 0 Å². The molecule has 1 rings (SSSR count). The van der Waals surface area contributed by atoms with Crippen molar-refractivity contribution in [2.24, 2.45) is 11.8 Å². The van der Waals surface area contributed by atoms with Crippen LogP contribution in [0.3, 0.4) is 0 Å². The number of hydrogen-bond donors (Lipinski definition) is 2. The third-order valence-electron chi connectivity index (χ3n) is 4.37. The van der Waals surface area contributed by atoms with E-state index in [1.165, 1.54) is 17.7 Å². The van der Waals surface area contributed by atoms with Gasteiger partial charge in [0.15, 0.2) is 0 Å². The average molecular weight is 284 g/mol. The molecule has 0 heterocycles. The molecule has 0 spiro atoms. The van der Waals surface area contributed by atoms with E-state index in [4.69, 9.17) is 5.11 Å². The van der Waals surface area contributed by atoms with E-state index in [0.717, 1.165) is 25.2 Å². The fourth-order valence-electron chi connectivity index (χ4n) is 2.66. The van der Waals surface area contributed by atoms with Crippen LogP contribution in [0.1, 0.15) is 52.9 Å². The van der Waals surface area contributed by atoms with Gasteiger partial charge in [0.05, 0.1) is 0 Å². The van der Waals surface area contributed by atoms with E-state index in [9.17, 15) is 9.59 Å². The molecule has 1 fully saturated rings. The summed E-state index contributed by atoms with van der Waals surface area (Å²) < 4.78 is 0. The maximum Gasteiger partial charge on any atom is 0.323 e. The van der Waals surface area contributed by atoms with Gasteiger partial charge in [0.2, 0.25) is 0 Å². The summed E-state index contributed by atoms with van der Waals surface area (Å²) in [5.74, 6) is 0.372. The van der Waals surface area contributed by atoms with Gasteiger partial charge in [0.25, 0.3) is 0 Å². The Morgan fingerprint density at radius 2 is 1.90 bits per heavy atom. The van der Waals surface area contributed by atoms with Crippen LogP contribution in [-0.2, 0) is 4.79 Å². The van der Waals surface area contributed by atoms with Gasteiger partial charge in [-0.3, -0.25) is 4.79 Å². The number of hydrogen-bond acceptors (Lipinski definition) is 2. The second-order valence-corrected chi connectivity index (χ2v) is 6.09. The Morgan fingerprint density at radius 1 is 1.30 bits per heavy atom. The second-order valence-electron chi connectivity index (χ2n) is 6.09. The summed E-state index contributed by atoms with van der Waals surface area (Å²) in [7, 11) is 0. The first-order valence-corrected chi connectivity index (χ1v) is 7.70. The van der Waals surface area contributed by atoms with Gasteiger partial charge in [0.1, 0.15) is 6.54 Å². The predicted molar refractivity (Wildman–Crippen MR) is 78.6 cm³/mol. The molecule has 1 unspecified atom stereocenters. The Bertz CT molecular complexity index is 325. The Kier molecular flexibility index (Phi) is 6.82. The van der Waals surface area contributed by atoms with E-state index < -0.39 is 5.97 Å². The monoisotopic (exact) mass is 284 g/mol. The van der Waals surface area contributed by atoms with Gasteiger partial charge in [-0.05, 0) is 38.0 Å². The Morgan fingerprint density at radius 3 is 2.40 bits per heavy atom. The minimum absolute atomic E-state index is 0.0579. The van der Waals surface area contributed by atoms with Gasteiger partial charge in [-0.1, -0.05) is 26.7 Å². The SMILES string of the molecule is CCC(C)N(CC(=O)O)C(=O)NCC1CCC(C)CC1. The lowest BCUT2D eigenvalue weighted by Crippen LogP contribution is -2.48. The lowest BCUT2D eigenvalue weighted by molar-refractivity contribution is -0.138. The number of carbonyl (C=O) groups is 2. The largest absolute Gasteiger partial charge is 0.480 e. The van der Waals surface area contributed by atoms with Crippen LogP contribution in [0, 0.1) is 11.8 Å². The van der Waals surface area contributed by atoms with E-state index in [2.05, 4.69) is 12.2 Å². The second kappa shape index (κ2) is 8.12. The Balaban J connectivity index is 2.43. The average Bonchev–Trinajstić information content (AvgIpc) is 2.42. The number of carboxylic acid groups (broad SMARTS) is 1. The standard InChI is InChI=1S/C15H28N2O3/c1-4-12(3)17(10-14(18)19)15(20)16-9-13-7-5-11(2)6-8-13/h11-13H,4-10H2,1-3H3,(H,16,20)(H,18,19). The van der Waals surface area contributed by atoms with Gasteiger partial charge in [-0.25, -0.2) is 4.79 Å². The van der Waals surface area contributed by atoms with E-state index >= 15 is 0 Å². The van der Waals surface area contributed by atoms with Crippen molar-refractivity contribution in [2.45, 2.75) is 58.9 Å². The molecule has 0 saturated heterocycles. The highest BCUT2D eigenvalue weighted by Crippen LogP contribution is 2.27. The zero-order valence-corrected chi connectivity index (χ0v) is 12.9. The van der Waals surface area contributed by atoms with Crippen molar-refractivity contribution in [3.05, 3.63) is 0 Å². The maximum atomic E-state index is 12.1. The first kappa shape index (κ1) is 16.8. The van der Waals surface area contributed by atoms with Gasteiger partial charge >= 0.3 is 12.0 Å². The van der Waals surface area contributed by atoms with E-state index in [0.29, 0.717) is 12.5 Å². The first-order valence-electron chi connectivity index (χ1n) is 7.70. The molecule has 0 aliphatic heterocycles.